The van der Waals surface area contributed by atoms with Crippen LogP contribution in [0.1, 0.15) is 0 Å². The molecule has 0 unspecified atom stereocenters. The Hall–Kier alpha value is -2.22. The molecule has 17 heavy (non-hydrogen) atoms. The third kappa shape index (κ3) is 0.998. The maximum Gasteiger partial charge on any atom is 0.223 e. The standard InChI is InChI=1S/C15H11N2/c1-17-9-7-10-6-8-16-14-11-4-2-3-5-12(11)15(17)13(10)14/h2-9H,1H3/q+1. The van der Waals surface area contributed by atoms with Crippen molar-refractivity contribution in [3.8, 4) is 22.5 Å². The Balaban J connectivity index is 2.33. The van der Waals surface area contributed by atoms with E-state index in [0.717, 1.165) is 5.69 Å². The van der Waals surface area contributed by atoms with E-state index in [0.29, 0.717) is 0 Å². The van der Waals surface area contributed by atoms with Gasteiger partial charge in [-0.05, 0) is 17.5 Å². The fourth-order valence-electron chi connectivity index (χ4n) is 2.73. The number of pyridine rings is 2. The summed E-state index contributed by atoms with van der Waals surface area (Å²) in [5.74, 6) is 0. The van der Waals surface area contributed by atoms with Crippen LogP contribution in [0.2, 0.25) is 0 Å². The third-order valence-electron chi connectivity index (χ3n) is 3.49. The second-order valence-electron chi connectivity index (χ2n) is 4.44. The van der Waals surface area contributed by atoms with Crippen LogP contribution in [0.25, 0.3) is 33.3 Å². The number of fused-ring (bicyclic) bond motifs is 3. The molecule has 2 heteroatoms. The predicted octanol–water partition coefficient (Wildman–Crippen LogP) is 2.71. The van der Waals surface area contributed by atoms with Gasteiger partial charge in [-0.2, -0.15) is 0 Å². The first-order valence-electron chi connectivity index (χ1n) is 5.73. The average molecular weight is 219 g/mol. The summed E-state index contributed by atoms with van der Waals surface area (Å²) < 4.78 is 2.18. The molecule has 2 aromatic heterocycles. The molecular formula is C15H11N2+. The number of hydrogen-bond acceptors (Lipinski definition) is 1. The monoisotopic (exact) mass is 219 g/mol. The molecular weight excluding hydrogens is 208 g/mol. The molecule has 0 spiro atoms. The zero-order valence-electron chi connectivity index (χ0n) is 9.51. The smallest absolute Gasteiger partial charge is 0.223 e. The normalized spacial score (nSPS) is 11.8. The van der Waals surface area contributed by atoms with Crippen molar-refractivity contribution in [3.05, 3.63) is 48.8 Å². The van der Waals surface area contributed by atoms with Crippen LogP contribution >= 0.6 is 0 Å². The van der Waals surface area contributed by atoms with E-state index in [1.165, 1.54) is 27.6 Å². The summed E-state index contributed by atoms with van der Waals surface area (Å²) in [5.41, 5.74) is 4.93. The van der Waals surface area contributed by atoms with E-state index in [9.17, 15) is 0 Å². The topological polar surface area (TPSA) is 16.8 Å². The molecule has 4 rings (SSSR count). The van der Waals surface area contributed by atoms with E-state index < -0.39 is 0 Å². The van der Waals surface area contributed by atoms with Crippen molar-refractivity contribution >= 4 is 10.8 Å². The lowest BCUT2D eigenvalue weighted by atomic mass is 10.1. The number of rotatable bonds is 0. The molecule has 0 bridgehead atoms. The molecule has 0 saturated carbocycles. The lowest BCUT2D eigenvalue weighted by Gasteiger charge is -1.98. The SMILES string of the molecule is C[n+]1ccc2ccnc3c2c1-c1ccccc1-3. The largest absolute Gasteiger partial charge is 0.255 e. The highest BCUT2D eigenvalue weighted by atomic mass is 14.9. The fourth-order valence-corrected chi connectivity index (χ4v) is 2.73. The fraction of sp³-hybridized carbons (Fsp3) is 0.0667. The molecule has 0 aliphatic heterocycles. The van der Waals surface area contributed by atoms with E-state index in [4.69, 9.17) is 0 Å². The van der Waals surface area contributed by atoms with Gasteiger partial charge in [-0.15, -0.1) is 0 Å². The van der Waals surface area contributed by atoms with Crippen LogP contribution in [0.3, 0.4) is 0 Å². The Morgan fingerprint density at radius 2 is 1.82 bits per heavy atom. The number of aryl methyl sites for hydroxylation is 1. The highest BCUT2D eigenvalue weighted by Gasteiger charge is 2.28. The molecule has 0 N–H and O–H groups in total. The van der Waals surface area contributed by atoms with Crippen molar-refractivity contribution in [2.24, 2.45) is 7.05 Å². The van der Waals surface area contributed by atoms with Gasteiger partial charge in [0.15, 0.2) is 6.20 Å². The van der Waals surface area contributed by atoms with Crippen molar-refractivity contribution in [2.75, 3.05) is 0 Å². The van der Waals surface area contributed by atoms with E-state index in [1.54, 1.807) is 0 Å². The summed E-state index contributed by atoms with van der Waals surface area (Å²) in [6.45, 7) is 0. The Morgan fingerprint density at radius 3 is 2.71 bits per heavy atom. The van der Waals surface area contributed by atoms with Gasteiger partial charge in [-0.1, -0.05) is 18.2 Å². The molecule has 2 nitrogen and oxygen atoms in total. The van der Waals surface area contributed by atoms with E-state index in [-0.39, 0.29) is 0 Å². The zero-order chi connectivity index (χ0) is 11.4. The van der Waals surface area contributed by atoms with E-state index in [1.807, 2.05) is 6.20 Å². The Bertz CT molecular complexity index is 760. The molecule has 3 aromatic rings. The van der Waals surface area contributed by atoms with Gasteiger partial charge in [0.1, 0.15) is 7.05 Å². The second kappa shape index (κ2) is 2.92. The molecule has 0 saturated heterocycles. The van der Waals surface area contributed by atoms with E-state index in [2.05, 4.69) is 59.2 Å². The Kier molecular flexibility index (Phi) is 1.52. The van der Waals surface area contributed by atoms with Crippen LogP contribution in [0, 0.1) is 0 Å². The first kappa shape index (κ1) is 8.88. The molecule has 0 radical (unpaired) electrons. The molecule has 1 aliphatic carbocycles. The first-order valence-corrected chi connectivity index (χ1v) is 5.73. The predicted molar refractivity (Wildman–Crippen MR) is 67.3 cm³/mol. The molecule has 0 fully saturated rings. The van der Waals surface area contributed by atoms with Crippen LogP contribution in [-0.4, -0.2) is 4.98 Å². The quantitative estimate of drug-likeness (QED) is 0.415. The summed E-state index contributed by atoms with van der Waals surface area (Å²) in [4.78, 5) is 4.55. The summed E-state index contributed by atoms with van der Waals surface area (Å²) in [7, 11) is 2.09. The van der Waals surface area contributed by atoms with Gasteiger partial charge in [-0.25, -0.2) is 4.57 Å². The zero-order valence-corrected chi connectivity index (χ0v) is 9.51. The van der Waals surface area contributed by atoms with Gasteiger partial charge in [0.05, 0.1) is 16.6 Å². The number of benzene rings is 1. The lowest BCUT2D eigenvalue weighted by Crippen LogP contribution is -2.29. The first-order chi connectivity index (χ1) is 8.36. The minimum atomic E-state index is 1.12. The number of hydrogen-bond donors (Lipinski definition) is 0. The maximum atomic E-state index is 4.55. The molecule has 0 atom stereocenters. The van der Waals surface area contributed by atoms with Crippen molar-refractivity contribution in [3.63, 3.8) is 0 Å². The van der Waals surface area contributed by atoms with Crippen molar-refractivity contribution in [2.45, 2.75) is 0 Å². The van der Waals surface area contributed by atoms with Crippen LogP contribution in [-0.2, 0) is 7.05 Å². The summed E-state index contributed by atoms with van der Waals surface area (Å²) >= 11 is 0. The van der Waals surface area contributed by atoms with Crippen LogP contribution in [0.5, 0.6) is 0 Å². The van der Waals surface area contributed by atoms with Crippen LogP contribution in [0.4, 0.5) is 0 Å². The van der Waals surface area contributed by atoms with Crippen LogP contribution < -0.4 is 4.57 Å². The summed E-state index contributed by atoms with van der Waals surface area (Å²) in [5, 5.41) is 2.54. The van der Waals surface area contributed by atoms with Gasteiger partial charge < -0.3 is 0 Å². The van der Waals surface area contributed by atoms with Gasteiger partial charge in [-0.3, -0.25) is 4.98 Å². The minimum absolute atomic E-state index is 1.12. The van der Waals surface area contributed by atoms with Gasteiger partial charge >= 0.3 is 0 Å². The van der Waals surface area contributed by atoms with Gasteiger partial charge in [0.25, 0.3) is 0 Å². The molecule has 1 aliphatic rings. The van der Waals surface area contributed by atoms with Crippen molar-refractivity contribution < 1.29 is 4.57 Å². The summed E-state index contributed by atoms with van der Waals surface area (Å²) in [6, 6.07) is 12.7. The molecule has 2 heterocycles. The highest BCUT2D eigenvalue weighted by Crippen LogP contribution is 2.43. The highest BCUT2D eigenvalue weighted by molar-refractivity contribution is 6.11. The second-order valence-corrected chi connectivity index (χ2v) is 4.44. The maximum absolute atomic E-state index is 4.55. The molecule has 1 aromatic carbocycles. The Labute approximate surface area is 99.2 Å². The molecule has 0 amide bonds. The van der Waals surface area contributed by atoms with Gasteiger partial charge in [0, 0.05) is 17.8 Å². The average Bonchev–Trinajstić information content (AvgIpc) is 2.71. The number of aromatic nitrogens is 2. The number of nitrogens with zero attached hydrogens (tertiary/aromatic N) is 2. The Morgan fingerprint density at radius 1 is 1.00 bits per heavy atom. The third-order valence-corrected chi connectivity index (χ3v) is 3.49. The van der Waals surface area contributed by atoms with Crippen molar-refractivity contribution in [1.82, 2.24) is 4.98 Å². The van der Waals surface area contributed by atoms with E-state index >= 15 is 0 Å². The van der Waals surface area contributed by atoms with Crippen LogP contribution in [0.15, 0.2) is 48.8 Å². The molecule has 80 valence electrons. The van der Waals surface area contributed by atoms with Crippen molar-refractivity contribution in [1.29, 1.82) is 0 Å². The summed E-state index contributed by atoms with van der Waals surface area (Å²) in [6.07, 6.45) is 4.01. The van der Waals surface area contributed by atoms with Gasteiger partial charge in [0.2, 0.25) is 5.69 Å². The lowest BCUT2D eigenvalue weighted by molar-refractivity contribution is -0.659. The minimum Gasteiger partial charge on any atom is -0.255 e.